The van der Waals surface area contributed by atoms with Gasteiger partial charge in [-0.1, -0.05) is 12.1 Å². The number of hydrogen-bond acceptors (Lipinski definition) is 5. The SMILES string of the molecule is COCC1(C(=O)N2Cc3cc(C(F)(F)F)cnc3C2)CCN(Cc2ccc3c(c2)C(C)C(=O)N3)C1. The molecule has 1 N–H and O–H groups in total. The van der Waals surface area contributed by atoms with Crippen LogP contribution in [0.1, 0.15) is 47.2 Å². The highest BCUT2D eigenvalue weighted by atomic mass is 19.4. The fourth-order valence-corrected chi connectivity index (χ4v) is 5.44. The lowest BCUT2D eigenvalue weighted by Gasteiger charge is -2.32. The maximum Gasteiger partial charge on any atom is 0.417 e. The van der Waals surface area contributed by atoms with E-state index in [4.69, 9.17) is 4.74 Å². The van der Waals surface area contributed by atoms with Gasteiger partial charge in [-0.2, -0.15) is 13.2 Å². The Morgan fingerprint density at radius 1 is 1.29 bits per heavy atom. The van der Waals surface area contributed by atoms with Crippen LogP contribution in [0.15, 0.2) is 30.5 Å². The molecular weight excluding hydrogens is 461 g/mol. The van der Waals surface area contributed by atoms with Gasteiger partial charge in [0.2, 0.25) is 11.8 Å². The summed E-state index contributed by atoms with van der Waals surface area (Å²) >= 11 is 0. The third kappa shape index (κ3) is 4.29. The summed E-state index contributed by atoms with van der Waals surface area (Å²) in [5, 5.41) is 2.88. The molecule has 0 bridgehead atoms. The molecule has 0 saturated carbocycles. The van der Waals surface area contributed by atoms with E-state index in [9.17, 15) is 22.8 Å². The Bertz CT molecular complexity index is 1190. The molecule has 35 heavy (non-hydrogen) atoms. The predicted octanol–water partition coefficient (Wildman–Crippen LogP) is 3.54. The largest absolute Gasteiger partial charge is 0.417 e. The number of anilines is 1. The number of halogens is 3. The van der Waals surface area contributed by atoms with Gasteiger partial charge in [0, 0.05) is 38.6 Å². The average Bonchev–Trinajstić information content (AvgIpc) is 3.49. The highest BCUT2D eigenvalue weighted by Crippen LogP contribution is 2.38. The summed E-state index contributed by atoms with van der Waals surface area (Å²) in [5.41, 5.74) is 2.25. The summed E-state index contributed by atoms with van der Waals surface area (Å²) in [7, 11) is 1.56. The summed E-state index contributed by atoms with van der Waals surface area (Å²) in [6.45, 7) is 4.22. The predicted molar refractivity (Wildman–Crippen MR) is 121 cm³/mol. The van der Waals surface area contributed by atoms with E-state index in [0.717, 1.165) is 29.1 Å². The quantitative estimate of drug-likeness (QED) is 0.697. The molecule has 2 atom stereocenters. The van der Waals surface area contributed by atoms with Crippen LogP contribution in [0.3, 0.4) is 0 Å². The first-order chi connectivity index (χ1) is 16.6. The lowest BCUT2D eigenvalue weighted by Crippen LogP contribution is -2.46. The van der Waals surface area contributed by atoms with Crippen LogP contribution in [0.5, 0.6) is 0 Å². The first kappa shape index (κ1) is 23.7. The van der Waals surface area contributed by atoms with Gasteiger partial charge in [-0.25, -0.2) is 0 Å². The van der Waals surface area contributed by atoms with Crippen molar-refractivity contribution in [1.82, 2.24) is 14.8 Å². The Balaban J connectivity index is 1.30. The van der Waals surface area contributed by atoms with Gasteiger partial charge < -0.3 is 15.0 Å². The second-order valence-electron chi connectivity index (χ2n) is 9.80. The van der Waals surface area contributed by atoms with Crippen LogP contribution in [0.4, 0.5) is 18.9 Å². The molecular formula is C25H27F3N4O3. The molecule has 1 fully saturated rings. The van der Waals surface area contributed by atoms with E-state index in [-0.39, 0.29) is 37.4 Å². The van der Waals surface area contributed by atoms with Crippen molar-refractivity contribution in [3.05, 3.63) is 58.4 Å². The number of aromatic nitrogens is 1. The van der Waals surface area contributed by atoms with Crippen LogP contribution in [0.2, 0.25) is 0 Å². The van der Waals surface area contributed by atoms with Crippen LogP contribution < -0.4 is 5.32 Å². The van der Waals surface area contributed by atoms with Gasteiger partial charge in [-0.15, -0.1) is 0 Å². The summed E-state index contributed by atoms with van der Waals surface area (Å²) < 4.78 is 44.7. The summed E-state index contributed by atoms with van der Waals surface area (Å²) in [4.78, 5) is 33.4. The van der Waals surface area contributed by atoms with Crippen LogP contribution in [0.25, 0.3) is 0 Å². The summed E-state index contributed by atoms with van der Waals surface area (Å²) in [5.74, 6) is -0.321. The maximum atomic E-state index is 13.7. The van der Waals surface area contributed by atoms with Gasteiger partial charge in [0.15, 0.2) is 0 Å². The Kier molecular flexibility index (Phi) is 5.83. The van der Waals surface area contributed by atoms with Crippen molar-refractivity contribution < 1.29 is 27.5 Å². The lowest BCUT2D eigenvalue weighted by molar-refractivity contribution is -0.145. The molecule has 0 radical (unpaired) electrons. The zero-order valence-corrected chi connectivity index (χ0v) is 19.6. The molecule has 2 unspecified atom stereocenters. The van der Waals surface area contributed by atoms with Crippen molar-refractivity contribution in [3.8, 4) is 0 Å². The third-order valence-electron chi connectivity index (χ3n) is 7.32. The topological polar surface area (TPSA) is 74.8 Å². The standard InChI is InChI=1S/C25H27F3N4O3/c1-15-19-7-16(3-4-20(19)30-22(15)33)10-31-6-5-24(13-31,14-35-2)23(34)32-11-17-8-18(25(26,27)28)9-29-21(17)12-32/h3-4,7-9,15H,5-6,10-14H2,1-2H3,(H,30,33). The zero-order valence-electron chi connectivity index (χ0n) is 19.6. The number of benzene rings is 1. The van der Waals surface area contributed by atoms with Crippen LogP contribution in [-0.4, -0.2) is 53.4 Å². The van der Waals surface area contributed by atoms with Crippen molar-refractivity contribution in [1.29, 1.82) is 0 Å². The number of alkyl halides is 3. The van der Waals surface area contributed by atoms with E-state index in [1.807, 2.05) is 25.1 Å². The van der Waals surface area contributed by atoms with Crippen molar-refractivity contribution in [2.75, 3.05) is 32.1 Å². The second kappa shape index (κ2) is 8.60. The highest BCUT2D eigenvalue weighted by Gasteiger charge is 2.48. The number of carbonyl (C=O) groups excluding carboxylic acids is 2. The summed E-state index contributed by atoms with van der Waals surface area (Å²) in [6.07, 6.45) is -3.05. The van der Waals surface area contributed by atoms with Crippen LogP contribution in [0, 0.1) is 5.41 Å². The number of rotatable bonds is 5. The minimum Gasteiger partial charge on any atom is -0.384 e. The molecule has 10 heteroatoms. The number of nitrogens with zero attached hydrogens (tertiary/aromatic N) is 3. The molecule has 3 aliphatic rings. The van der Waals surface area contributed by atoms with Gasteiger partial charge in [0.05, 0.1) is 35.7 Å². The lowest BCUT2D eigenvalue weighted by atomic mass is 9.86. The monoisotopic (exact) mass is 488 g/mol. The molecule has 0 spiro atoms. The molecule has 1 aromatic heterocycles. The number of pyridine rings is 1. The normalized spacial score (nSPS) is 24.0. The molecule has 1 saturated heterocycles. The van der Waals surface area contributed by atoms with Crippen molar-refractivity contribution in [2.45, 2.75) is 45.1 Å². The smallest absolute Gasteiger partial charge is 0.384 e. The highest BCUT2D eigenvalue weighted by molar-refractivity contribution is 6.02. The van der Waals surface area contributed by atoms with E-state index in [0.29, 0.717) is 37.3 Å². The molecule has 2 amide bonds. The Hall–Kier alpha value is -2.98. The van der Waals surface area contributed by atoms with E-state index in [1.54, 1.807) is 12.0 Å². The number of carbonyl (C=O) groups is 2. The van der Waals surface area contributed by atoms with E-state index < -0.39 is 17.2 Å². The maximum absolute atomic E-state index is 13.7. The van der Waals surface area contributed by atoms with Crippen molar-refractivity contribution >= 4 is 17.5 Å². The molecule has 7 nitrogen and oxygen atoms in total. The number of fused-ring (bicyclic) bond motifs is 2. The van der Waals surface area contributed by atoms with Crippen molar-refractivity contribution in [2.24, 2.45) is 5.41 Å². The number of hydrogen-bond donors (Lipinski definition) is 1. The fraction of sp³-hybridized carbons (Fsp3) is 0.480. The molecule has 0 aliphatic carbocycles. The van der Waals surface area contributed by atoms with Crippen LogP contribution >= 0.6 is 0 Å². The fourth-order valence-electron chi connectivity index (χ4n) is 5.44. The van der Waals surface area contributed by atoms with Gasteiger partial charge in [0.1, 0.15) is 0 Å². The zero-order chi connectivity index (χ0) is 25.0. The van der Waals surface area contributed by atoms with Gasteiger partial charge in [-0.05, 0) is 48.7 Å². The van der Waals surface area contributed by atoms with Gasteiger partial charge in [-0.3, -0.25) is 19.5 Å². The van der Waals surface area contributed by atoms with E-state index in [1.165, 1.54) is 0 Å². The molecule has 1 aromatic carbocycles. The second-order valence-corrected chi connectivity index (χ2v) is 9.80. The average molecular weight is 489 g/mol. The van der Waals surface area contributed by atoms with Crippen molar-refractivity contribution in [3.63, 3.8) is 0 Å². The van der Waals surface area contributed by atoms with Gasteiger partial charge in [0.25, 0.3) is 0 Å². The number of ether oxygens (including phenoxy) is 1. The number of likely N-dealkylation sites (tertiary alicyclic amines) is 1. The first-order valence-corrected chi connectivity index (χ1v) is 11.6. The number of amides is 2. The molecule has 2 aromatic rings. The summed E-state index contributed by atoms with van der Waals surface area (Å²) in [6, 6.07) is 7.03. The molecule has 5 rings (SSSR count). The minimum atomic E-state index is -4.47. The number of methoxy groups -OCH3 is 1. The van der Waals surface area contributed by atoms with Crippen LogP contribution in [-0.2, 0) is 40.1 Å². The molecule has 3 aliphatic heterocycles. The Morgan fingerprint density at radius 3 is 2.83 bits per heavy atom. The first-order valence-electron chi connectivity index (χ1n) is 11.6. The third-order valence-corrected chi connectivity index (χ3v) is 7.32. The molecule has 4 heterocycles. The van der Waals surface area contributed by atoms with E-state index >= 15 is 0 Å². The molecule has 186 valence electrons. The van der Waals surface area contributed by atoms with Gasteiger partial charge >= 0.3 is 6.18 Å². The minimum absolute atomic E-state index is 0.00788. The number of nitrogens with one attached hydrogen (secondary N) is 1. The Morgan fingerprint density at radius 2 is 2.09 bits per heavy atom. The van der Waals surface area contributed by atoms with E-state index in [2.05, 4.69) is 15.2 Å². The Labute approximate surface area is 201 Å².